The van der Waals surface area contributed by atoms with E-state index in [1.807, 2.05) is 41.5 Å². The molecular weight excluding hydrogens is 388 g/mol. The number of hydrogen-bond donors (Lipinski definition) is 1. The van der Waals surface area contributed by atoms with Gasteiger partial charge in [0, 0.05) is 7.11 Å². The lowest BCUT2D eigenvalue weighted by Crippen LogP contribution is -2.60. The summed E-state index contributed by atoms with van der Waals surface area (Å²) in [5.74, 6) is 0.918. The second kappa shape index (κ2) is 13.2. The quantitative estimate of drug-likeness (QED) is 0.507. The molecule has 0 saturated heterocycles. The lowest BCUT2D eigenvalue weighted by molar-refractivity contribution is -0.0920. The van der Waals surface area contributed by atoms with Gasteiger partial charge in [-0.15, -0.1) is 0 Å². The fourth-order valence-electron chi connectivity index (χ4n) is 7.26. The van der Waals surface area contributed by atoms with Gasteiger partial charge in [0.25, 0.3) is 0 Å². The molecule has 2 unspecified atom stereocenters. The summed E-state index contributed by atoms with van der Waals surface area (Å²) in [5.41, 5.74) is 4.66. The van der Waals surface area contributed by atoms with Crippen molar-refractivity contribution in [3.8, 4) is 0 Å². The molecule has 4 bridgehead atoms. The first kappa shape index (κ1) is 28.4. The van der Waals surface area contributed by atoms with E-state index in [4.69, 9.17) is 5.11 Å². The van der Waals surface area contributed by atoms with Crippen molar-refractivity contribution in [1.29, 1.82) is 0 Å². The molecule has 2 aromatic carbocycles. The van der Waals surface area contributed by atoms with Crippen LogP contribution in [-0.2, 0) is 10.8 Å². The van der Waals surface area contributed by atoms with Gasteiger partial charge in [-0.2, -0.15) is 0 Å². The highest BCUT2D eigenvalue weighted by Crippen LogP contribution is 2.71. The fraction of sp³-hybridized carbons (Fsp3) is 0.613. The lowest BCUT2D eigenvalue weighted by atomic mass is 9.37. The molecule has 4 aliphatic rings. The Morgan fingerprint density at radius 2 is 1.00 bits per heavy atom. The predicted octanol–water partition coefficient (Wildman–Crippen LogP) is 8.94. The third-order valence-electron chi connectivity index (χ3n) is 7.71. The smallest absolute Gasteiger partial charge is 0.0319 e. The van der Waals surface area contributed by atoms with Crippen LogP contribution in [0.5, 0.6) is 0 Å². The molecule has 1 N–H and O–H groups in total. The Hall–Kier alpha value is -1.60. The largest absolute Gasteiger partial charge is 0.400 e. The monoisotopic (exact) mass is 438 g/mol. The van der Waals surface area contributed by atoms with Crippen molar-refractivity contribution in [1.82, 2.24) is 0 Å². The maximum absolute atomic E-state index is 7.00. The van der Waals surface area contributed by atoms with Gasteiger partial charge in [0.1, 0.15) is 0 Å². The number of hydrogen-bond acceptors (Lipinski definition) is 1. The van der Waals surface area contributed by atoms with E-state index >= 15 is 0 Å². The van der Waals surface area contributed by atoms with Crippen molar-refractivity contribution < 1.29 is 5.11 Å². The van der Waals surface area contributed by atoms with Gasteiger partial charge in [-0.1, -0.05) is 116 Å². The van der Waals surface area contributed by atoms with Crippen LogP contribution in [0, 0.1) is 11.3 Å². The first-order valence-corrected chi connectivity index (χ1v) is 13.2. The summed E-state index contributed by atoms with van der Waals surface area (Å²) in [6, 6.07) is 23.0. The van der Waals surface area contributed by atoms with E-state index in [0.29, 0.717) is 16.2 Å². The van der Waals surface area contributed by atoms with Gasteiger partial charge in [-0.3, -0.25) is 0 Å². The number of rotatable bonds is 3. The molecule has 0 aliphatic heterocycles. The highest BCUT2D eigenvalue weighted by Gasteiger charge is 2.63. The topological polar surface area (TPSA) is 20.2 Å². The minimum Gasteiger partial charge on any atom is -0.400 e. The highest BCUT2D eigenvalue weighted by molar-refractivity contribution is 5.38. The maximum Gasteiger partial charge on any atom is 0.0319 e. The van der Waals surface area contributed by atoms with Gasteiger partial charge < -0.3 is 5.11 Å². The fourth-order valence-corrected chi connectivity index (χ4v) is 7.26. The van der Waals surface area contributed by atoms with Gasteiger partial charge in [0.05, 0.1) is 0 Å². The Morgan fingerprint density at radius 3 is 1.34 bits per heavy atom. The van der Waals surface area contributed by atoms with Crippen LogP contribution in [0.4, 0.5) is 0 Å². The molecule has 4 fully saturated rings. The van der Waals surface area contributed by atoms with Crippen LogP contribution in [0.15, 0.2) is 60.7 Å². The van der Waals surface area contributed by atoms with Crippen LogP contribution in [0.2, 0.25) is 0 Å². The average molecular weight is 439 g/mol. The molecule has 4 saturated carbocycles. The maximum atomic E-state index is 7.00. The second-order valence-corrected chi connectivity index (χ2v) is 9.15. The van der Waals surface area contributed by atoms with E-state index in [0.717, 1.165) is 13.0 Å². The summed E-state index contributed by atoms with van der Waals surface area (Å²) in [4.78, 5) is 0. The zero-order valence-corrected chi connectivity index (χ0v) is 22.2. The van der Waals surface area contributed by atoms with Crippen molar-refractivity contribution in [3.63, 3.8) is 0 Å². The zero-order chi connectivity index (χ0) is 24.3. The molecule has 6 rings (SSSR count). The van der Waals surface area contributed by atoms with Crippen LogP contribution in [0.3, 0.4) is 0 Å². The lowest BCUT2D eigenvalue weighted by Gasteiger charge is -2.67. The molecule has 2 aromatic rings. The minimum absolute atomic E-state index is 0.423. The Kier molecular flexibility index (Phi) is 11.7. The van der Waals surface area contributed by atoms with E-state index in [-0.39, 0.29) is 0 Å². The van der Waals surface area contributed by atoms with Gasteiger partial charge in [-0.25, -0.2) is 0 Å². The van der Waals surface area contributed by atoms with Gasteiger partial charge >= 0.3 is 0 Å². The zero-order valence-electron chi connectivity index (χ0n) is 22.2. The van der Waals surface area contributed by atoms with Crippen molar-refractivity contribution in [2.24, 2.45) is 11.3 Å². The summed E-state index contributed by atoms with van der Waals surface area (Å²) in [5, 5.41) is 7.00. The SMILES string of the molecule is CC.CC.CC.CCC12CC3CC(c4ccccc4)(C1)CC(c1ccccc1)(C3)C2.CO. The van der Waals surface area contributed by atoms with E-state index in [2.05, 4.69) is 67.6 Å². The first-order valence-electron chi connectivity index (χ1n) is 13.2. The molecule has 0 spiro atoms. The standard InChI is InChI=1S/C24H28.3C2H6.CH4O/c1-2-22-13-19-14-23(16-22,20-9-5-3-6-10-20)18-24(15-19,17-22)21-11-7-4-8-12-21;4*1-2/h3-12,19H,2,13-18H2,1H3;3*1-2H3;2H,1H3. The Labute approximate surface area is 199 Å². The van der Waals surface area contributed by atoms with E-state index in [9.17, 15) is 0 Å². The molecule has 0 radical (unpaired) electrons. The van der Waals surface area contributed by atoms with Crippen LogP contribution in [-0.4, -0.2) is 12.2 Å². The Balaban J connectivity index is 0.000000581. The van der Waals surface area contributed by atoms with Crippen molar-refractivity contribution in [2.45, 2.75) is 104 Å². The van der Waals surface area contributed by atoms with Crippen LogP contribution in [0.1, 0.15) is 105 Å². The molecule has 0 heterocycles. The second-order valence-electron chi connectivity index (χ2n) is 9.15. The van der Waals surface area contributed by atoms with Gasteiger partial charge in [0.15, 0.2) is 0 Å². The van der Waals surface area contributed by atoms with Gasteiger partial charge in [0.2, 0.25) is 0 Å². The van der Waals surface area contributed by atoms with Crippen LogP contribution >= 0.6 is 0 Å². The summed E-state index contributed by atoms with van der Waals surface area (Å²) in [7, 11) is 1.00. The molecule has 1 nitrogen and oxygen atoms in total. The third kappa shape index (κ3) is 5.48. The molecule has 1 heteroatoms. The third-order valence-corrected chi connectivity index (χ3v) is 7.71. The average Bonchev–Trinajstić information content (AvgIpc) is 2.89. The predicted molar refractivity (Wildman–Crippen MR) is 142 cm³/mol. The molecule has 0 amide bonds. The van der Waals surface area contributed by atoms with E-state index < -0.39 is 0 Å². The molecular formula is C31H50O. The number of aliphatic hydroxyl groups excluding tert-OH is 1. The molecule has 180 valence electrons. The van der Waals surface area contributed by atoms with Crippen molar-refractivity contribution in [3.05, 3.63) is 71.8 Å². The molecule has 2 atom stereocenters. The highest BCUT2D eigenvalue weighted by atomic mass is 16.2. The van der Waals surface area contributed by atoms with Crippen LogP contribution in [0.25, 0.3) is 0 Å². The summed E-state index contributed by atoms with van der Waals surface area (Å²) in [6.07, 6.45) is 9.89. The van der Waals surface area contributed by atoms with Crippen molar-refractivity contribution >= 4 is 0 Å². The Bertz CT molecular complexity index is 680. The summed E-state index contributed by atoms with van der Waals surface area (Å²) < 4.78 is 0. The number of aliphatic hydroxyl groups is 1. The first-order chi connectivity index (χ1) is 15.7. The molecule has 0 aromatic heterocycles. The normalized spacial score (nSPS) is 30.7. The summed E-state index contributed by atoms with van der Waals surface area (Å²) in [6.45, 7) is 14.4. The minimum atomic E-state index is 0.423. The molecule has 4 aliphatic carbocycles. The summed E-state index contributed by atoms with van der Waals surface area (Å²) >= 11 is 0. The Morgan fingerprint density at radius 1 is 0.625 bits per heavy atom. The van der Waals surface area contributed by atoms with Crippen molar-refractivity contribution in [2.75, 3.05) is 7.11 Å². The molecule has 32 heavy (non-hydrogen) atoms. The van der Waals surface area contributed by atoms with Crippen LogP contribution < -0.4 is 0 Å². The van der Waals surface area contributed by atoms with E-state index in [1.54, 1.807) is 11.1 Å². The van der Waals surface area contributed by atoms with Gasteiger partial charge in [-0.05, 0) is 71.8 Å². The van der Waals surface area contributed by atoms with E-state index in [1.165, 1.54) is 44.9 Å². The number of benzene rings is 2.